The van der Waals surface area contributed by atoms with Crippen molar-refractivity contribution in [1.82, 2.24) is 5.16 Å². The lowest BCUT2D eigenvalue weighted by Crippen LogP contribution is -1.97. The van der Waals surface area contributed by atoms with Gasteiger partial charge < -0.3 is 9.26 Å². The zero-order valence-corrected chi connectivity index (χ0v) is 12.0. The number of hydrogen-bond donors (Lipinski definition) is 0. The molecule has 0 unspecified atom stereocenters. The second-order valence-corrected chi connectivity index (χ2v) is 4.85. The molecule has 1 aromatic heterocycles. The van der Waals surface area contributed by atoms with Gasteiger partial charge in [-0.15, -0.1) is 0 Å². The Balaban J connectivity index is 2.26. The van der Waals surface area contributed by atoms with E-state index in [0.29, 0.717) is 23.6 Å². The van der Waals surface area contributed by atoms with Crippen LogP contribution < -0.4 is 4.74 Å². The smallest absolute Gasteiger partial charge is 0.258 e. The summed E-state index contributed by atoms with van der Waals surface area (Å²) >= 11 is 5.55. The van der Waals surface area contributed by atoms with E-state index in [2.05, 4.69) is 11.7 Å². The number of benzene rings is 1. The fourth-order valence-corrected chi connectivity index (χ4v) is 1.94. The average Bonchev–Trinajstić information content (AvgIpc) is 2.79. The minimum Gasteiger partial charge on any atom is -0.489 e. The summed E-state index contributed by atoms with van der Waals surface area (Å²) in [5, 5.41) is 3.29. The number of nitrogens with zero attached hydrogens (tertiary/aromatic N) is 1. The van der Waals surface area contributed by atoms with Gasteiger partial charge in [-0.25, -0.2) is 0 Å². The Morgan fingerprint density at radius 1 is 1.40 bits per heavy atom. The van der Waals surface area contributed by atoms with Crippen LogP contribution in [0.25, 0.3) is 11.3 Å². The Labute approximate surface area is 122 Å². The number of carbonyl (C=O) groups is 1. The molecule has 0 aliphatic rings. The Morgan fingerprint density at radius 3 is 2.60 bits per heavy atom. The van der Waals surface area contributed by atoms with Gasteiger partial charge in [0, 0.05) is 5.56 Å². The van der Waals surface area contributed by atoms with Gasteiger partial charge in [0.05, 0.1) is 0 Å². The van der Waals surface area contributed by atoms with Crippen LogP contribution in [0, 0.1) is 6.92 Å². The topological polar surface area (TPSA) is 52.3 Å². The van der Waals surface area contributed by atoms with Crippen molar-refractivity contribution in [3.05, 3.63) is 47.7 Å². The van der Waals surface area contributed by atoms with Crippen molar-refractivity contribution in [2.45, 2.75) is 13.8 Å². The summed E-state index contributed by atoms with van der Waals surface area (Å²) < 4.78 is 10.5. The predicted molar refractivity (Wildman–Crippen MR) is 77.2 cm³/mol. The maximum Gasteiger partial charge on any atom is 0.258 e. The molecule has 1 aromatic carbocycles. The molecular weight excluding hydrogens is 278 g/mol. The Bertz CT molecular complexity index is 644. The quantitative estimate of drug-likeness (QED) is 0.617. The number of halogens is 1. The maximum absolute atomic E-state index is 11.4. The molecule has 0 amide bonds. The van der Waals surface area contributed by atoms with Crippen molar-refractivity contribution in [3.8, 4) is 17.0 Å². The van der Waals surface area contributed by atoms with Crippen LogP contribution in [-0.2, 0) is 0 Å². The first-order valence-electron chi connectivity index (χ1n) is 6.02. The third kappa shape index (κ3) is 3.08. The summed E-state index contributed by atoms with van der Waals surface area (Å²) in [7, 11) is 0. The van der Waals surface area contributed by atoms with E-state index in [-0.39, 0.29) is 0 Å². The summed E-state index contributed by atoms with van der Waals surface area (Å²) in [4.78, 5) is 11.4. The molecule has 5 heteroatoms. The number of aryl methyl sites for hydroxylation is 1. The number of carbonyl (C=O) groups excluding carboxylic acids is 1. The monoisotopic (exact) mass is 291 g/mol. The minimum atomic E-state index is -0.582. The van der Waals surface area contributed by atoms with Crippen molar-refractivity contribution in [1.29, 1.82) is 0 Å². The van der Waals surface area contributed by atoms with Gasteiger partial charge in [0.2, 0.25) is 0 Å². The molecule has 0 aliphatic heterocycles. The second-order valence-electron chi connectivity index (χ2n) is 4.51. The van der Waals surface area contributed by atoms with Gasteiger partial charge in [0.1, 0.15) is 29.4 Å². The lowest BCUT2D eigenvalue weighted by Gasteiger charge is -2.06. The highest BCUT2D eigenvalue weighted by Gasteiger charge is 2.19. The van der Waals surface area contributed by atoms with E-state index in [1.165, 1.54) is 0 Å². The van der Waals surface area contributed by atoms with Crippen LogP contribution in [0.3, 0.4) is 0 Å². The molecule has 104 valence electrons. The summed E-state index contributed by atoms with van der Waals surface area (Å²) in [6.07, 6.45) is 0. The molecule has 0 fully saturated rings. The molecule has 0 radical (unpaired) electrons. The highest BCUT2D eigenvalue weighted by atomic mass is 35.5. The van der Waals surface area contributed by atoms with Crippen LogP contribution in [0.2, 0.25) is 0 Å². The first-order chi connectivity index (χ1) is 9.49. The second kappa shape index (κ2) is 5.92. The van der Waals surface area contributed by atoms with Crippen molar-refractivity contribution in [2.24, 2.45) is 0 Å². The molecule has 0 aliphatic carbocycles. The van der Waals surface area contributed by atoms with Gasteiger partial charge in [0.25, 0.3) is 5.24 Å². The van der Waals surface area contributed by atoms with Crippen LogP contribution in [0.15, 0.2) is 40.9 Å². The molecule has 2 rings (SSSR count). The fourth-order valence-electron chi connectivity index (χ4n) is 1.72. The maximum atomic E-state index is 11.4. The van der Waals surface area contributed by atoms with Gasteiger partial charge >= 0.3 is 0 Å². The zero-order valence-electron chi connectivity index (χ0n) is 11.3. The van der Waals surface area contributed by atoms with Crippen molar-refractivity contribution < 1.29 is 14.1 Å². The van der Waals surface area contributed by atoms with E-state index < -0.39 is 5.24 Å². The van der Waals surface area contributed by atoms with Gasteiger partial charge in [-0.1, -0.05) is 11.7 Å². The van der Waals surface area contributed by atoms with Crippen LogP contribution in [-0.4, -0.2) is 17.0 Å². The van der Waals surface area contributed by atoms with E-state index in [0.717, 1.165) is 16.9 Å². The summed E-state index contributed by atoms with van der Waals surface area (Å²) in [5.74, 6) is 1.12. The first-order valence-corrected chi connectivity index (χ1v) is 6.40. The third-order valence-electron chi connectivity index (χ3n) is 2.67. The molecule has 2 aromatic rings. The normalized spacial score (nSPS) is 10.3. The number of rotatable bonds is 5. The largest absolute Gasteiger partial charge is 0.489 e. The fraction of sp³-hybridized carbons (Fsp3) is 0.200. The SMILES string of the molecule is C=C(C)COc1ccc(-c2noc(C)c2C(=O)Cl)cc1. The van der Waals surface area contributed by atoms with Crippen molar-refractivity contribution >= 4 is 16.8 Å². The van der Waals surface area contributed by atoms with Gasteiger partial charge in [0.15, 0.2) is 0 Å². The van der Waals surface area contributed by atoms with Crippen LogP contribution in [0.4, 0.5) is 0 Å². The number of aromatic nitrogens is 1. The summed E-state index contributed by atoms with van der Waals surface area (Å²) in [6.45, 7) is 7.78. The molecular formula is C15H14ClNO3. The third-order valence-corrected chi connectivity index (χ3v) is 2.86. The van der Waals surface area contributed by atoms with E-state index in [9.17, 15) is 4.79 Å². The van der Waals surface area contributed by atoms with Crippen LogP contribution >= 0.6 is 11.6 Å². The van der Waals surface area contributed by atoms with Crippen LogP contribution in [0.1, 0.15) is 23.0 Å². The van der Waals surface area contributed by atoms with E-state index in [1.54, 1.807) is 31.2 Å². The van der Waals surface area contributed by atoms with E-state index in [1.807, 2.05) is 6.92 Å². The highest BCUT2D eigenvalue weighted by Crippen LogP contribution is 2.28. The standard InChI is InChI=1S/C15H14ClNO3/c1-9(2)8-19-12-6-4-11(5-7-12)14-13(15(16)18)10(3)20-17-14/h4-7H,1,8H2,2-3H3. The van der Waals surface area contributed by atoms with Gasteiger partial charge in [-0.2, -0.15) is 0 Å². The molecule has 0 atom stereocenters. The van der Waals surface area contributed by atoms with Crippen molar-refractivity contribution in [2.75, 3.05) is 6.61 Å². The molecule has 4 nitrogen and oxygen atoms in total. The summed E-state index contributed by atoms with van der Waals surface area (Å²) in [6, 6.07) is 7.19. The number of ether oxygens (including phenoxy) is 1. The van der Waals surface area contributed by atoms with Gasteiger partial charge in [-0.05, 0) is 55.3 Å². The van der Waals surface area contributed by atoms with Crippen LogP contribution in [0.5, 0.6) is 5.75 Å². The van der Waals surface area contributed by atoms with E-state index >= 15 is 0 Å². The van der Waals surface area contributed by atoms with Crippen molar-refractivity contribution in [3.63, 3.8) is 0 Å². The molecule has 0 bridgehead atoms. The Kier molecular flexibility index (Phi) is 4.25. The lowest BCUT2D eigenvalue weighted by molar-refractivity contribution is 0.108. The lowest BCUT2D eigenvalue weighted by atomic mass is 10.1. The Morgan fingerprint density at radius 2 is 2.05 bits per heavy atom. The zero-order chi connectivity index (χ0) is 14.7. The molecule has 1 heterocycles. The highest BCUT2D eigenvalue weighted by molar-refractivity contribution is 6.68. The predicted octanol–water partition coefficient (Wildman–Crippen LogP) is 3.98. The molecule has 0 saturated carbocycles. The summed E-state index contributed by atoms with van der Waals surface area (Å²) in [5.41, 5.74) is 2.42. The Hall–Kier alpha value is -2.07. The molecule has 0 spiro atoms. The van der Waals surface area contributed by atoms with E-state index in [4.69, 9.17) is 20.9 Å². The minimum absolute atomic E-state index is 0.294. The van der Waals surface area contributed by atoms with Gasteiger partial charge in [-0.3, -0.25) is 4.79 Å². The molecule has 0 saturated heterocycles. The average molecular weight is 292 g/mol. The first kappa shape index (κ1) is 14.3. The molecule has 0 N–H and O–H groups in total. The number of hydrogen-bond acceptors (Lipinski definition) is 4. The molecule has 20 heavy (non-hydrogen) atoms.